The van der Waals surface area contributed by atoms with Crippen molar-refractivity contribution in [2.75, 3.05) is 18.1 Å². The van der Waals surface area contributed by atoms with Gasteiger partial charge in [-0.2, -0.15) is 0 Å². The van der Waals surface area contributed by atoms with Crippen LogP contribution in [-0.4, -0.2) is 43.9 Å². The van der Waals surface area contributed by atoms with E-state index < -0.39 is 33.9 Å². The molecule has 26 heavy (non-hydrogen) atoms. The van der Waals surface area contributed by atoms with Gasteiger partial charge in [0, 0.05) is 0 Å². The summed E-state index contributed by atoms with van der Waals surface area (Å²) < 4.78 is 28.2. The van der Waals surface area contributed by atoms with Gasteiger partial charge in [-0.25, -0.2) is 8.42 Å². The summed E-state index contributed by atoms with van der Waals surface area (Å²) in [6.45, 7) is 1.27. The highest BCUT2D eigenvalue weighted by molar-refractivity contribution is 7.91. The molecule has 6 nitrogen and oxygen atoms in total. The first-order valence-electron chi connectivity index (χ1n) is 8.40. The highest BCUT2D eigenvalue weighted by Gasteiger charge is 2.39. The largest absolute Gasteiger partial charge is 0.455 e. The maximum absolute atomic E-state index is 12.1. The number of benzene rings is 2. The van der Waals surface area contributed by atoms with Gasteiger partial charge in [0.15, 0.2) is 16.4 Å². The highest BCUT2D eigenvalue weighted by atomic mass is 32.2. The first-order chi connectivity index (χ1) is 12.3. The Balaban J connectivity index is 1.55. The zero-order valence-corrected chi connectivity index (χ0v) is 15.3. The first-order valence-corrected chi connectivity index (χ1v) is 10.2. The van der Waals surface area contributed by atoms with Gasteiger partial charge in [0.05, 0.1) is 23.5 Å². The maximum Gasteiger partial charge on any atom is 0.310 e. The number of carbonyl (C=O) groups excluding carboxylic acids is 2. The van der Waals surface area contributed by atoms with Gasteiger partial charge in [-0.3, -0.25) is 9.59 Å². The number of esters is 1. The van der Waals surface area contributed by atoms with Crippen molar-refractivity contribution in [3.8, 4) is 0 Å². The number of fused-ring (bicyclic) bond motifs is 1. The molecule has 1 amide bonds. The van der Waals surface area contributed by atoms with E-state index in [-0.39, 0.29) is 17.9 Å². The Morgan fingerprint density at radius 1 is 1.15 bits per heavy atom. The van der Waals surface area contributed by atoms with Crippen LogP contribution in [0.25, 0.3) is 10.8 Å². The van der Waals surface area contributed by atoms with E-state index in [1.165, 1.54) is 0 Å². The van der Waals surface area contributed by atoms with Crippen LogP contribution in [0.5, 0.6) is 0 Å². The lowest BCUT2D eigenvalue weighted by Crippen LogP contribution is -2.48. The molecule has 7 heteroatoms. The molecule has 2 aromatic rings. The van der Waals surface area contributed by atoms with Gasteiger partial charge in [0.1, 0.15) is 0 Å². The molecule has 1 aliphatic heterocycles. The van der Waals surface area contributed by atoms with Gasteiger partial charge in [-0.05, 0) is 29.7 Å². The Hall–Kier alpha value is -2.41. The van der Waals surface area contributed by atoms with Crippen molar-refractivity contribution < 1.29 is 22.7 Å². The molecule has 0 aliphatic carbocycles. The molecule has 0 aromatic heterocycles. The highest BCUT2D eigenvalue weighted by Crippen LogP contribution is 2.22. The van der Waals surface area contributed by atoms with Gasteiger partial charge in [0.25, 0.3) is 5.91 Å². The summed E-state index contributed by atoms with van der Waals surface area (Å²) in [5.41, 5.74) is 0.0418. The van der Waals surface area contributed by atoms with E-state index in [0.29, 0.717) is 6.42 Å². The summed E-state index contributed by atoms with van der Waals surface area (Å²) >= 11 is 0. The fourth-order valence-corrected chi connectivity index (χ4v) is 5.37. The number of hydrogen-bond acceptors (Lipinski definition) is 5. The molecule has 0 bridgehead atoms. The molecule has 1 N–H and O–H groups in total. The van der Waals surface area contributed by atoms with Crippen LogP contribution in [-0.2, 0) is 30.6 Å². The monoisotopic (exact) mass is 375 g/mol. The van der Waals surface area contributed by atoms with Gasteiger partial charge >= 0.3 is 5.97 Å². The molecular weight excluding hydrogens is 354 g/mol. The molecular formula is C19H21NO5S. The topological polar surface area (TPSA) is 89.5 Å². The van der Waals surface area contributed by atoms with E-state index in [4.69, 9.17) is 4.74 Å². The molecule has 0 spiro atoms. The Kier molecular flexibility index (Phi) is 5.00. The average molecular weight is 375 g/mol. The predicted octanol–water partition coefficient (Wildman–Crippen LogP) is 1.62. The minimum absolute atomic E-state index is 0.0602. The molecule has 1 fully saturated rings. The summed E-state index contributed by atoms with van der Waals surface area (Å²) in [5.74, 6) is -1.02. The molecule has 2 aromatic carbocycles. The average Bonchev–Trinajstić information content (AvgIpc) is 2.86. The standard InChI is InChI=1S/C19H21NO5S/c1-19(9-10-26(23,24)13-19)20-17(21)12-25-18(22)11-15-7-4-6-14-5-2-3-8-16(14)15/h2-8H,9-13H2,1H3,(H,20,21)/t19-/m0/s1. The van der Waals surface area contributed by atoms with E-state index in [2.05, 4.69) is 5.32 Å². The van der Waals surface area contributed by atoms with Crippen LogP contribution in [0.2, 0.25) is 0 Å². The number of ether oxygens (including phenoxy) is 1. The molecule has 0 unspecified atom stereocenters. The Bertz CT molecular complexity index is 948. The number of rotatable bonds is 5. The molecule has 1 heterocycles. The Labute approximate surface area is 152 Å². The summed E-state index contributed by atoms with van der Waals surface area (Å²) in [4.78, 5) is 24.1. The number of sulfone groups is 1. The third-order valence-corrected chi connectivity index (χ3v) is 6.43. The third-order valence-electron chi connectivity index (χ3n) is 4.52. The van der Waals surface area contributed by atoms with Crippen LogP contribution in [0.1, 0.15) is 18.9 Å². The van der Waals surface area contributed by atoms with Gasteiger partial charge in [-0.1, -0.05) is 42.5 Å². The normalized spacial score (nSPS) is 21.4. The van der Waals surface area contributed by atoms with Gasteiger partial charge in [-0.15, -0.1) is 0 Å². The van der Waals surface area contributed by atoms with Crippen molar-refractivity contribution in [3.05, 3.63) is 48.0 Å². The minimum atomic E-state index is -3.11. The maximum atomic E-state index is 12.1. The molecule has 1 saturated heterocycles. The van der Waals surface area contributed by atoms with Crippen molar-refractivity contribution in [2.45, 2.75) is 25.3 Å². The second-order valence-corrected chi connectivity index (χ2v) is 9.11. The minimum Gasteiger partial charge on any atom is -0.455 e. The quantitative estimate of drug-likeness (QED) is 0.802. The van der Waals surface area contributed by atoms with E-state index in [1.54, 1.807) is 6.92 Å². The van der Waals surface area contributed by atoms with Crippen LogP contribution >= 0.6 is 0 Å². The Morgan fingerprint density at radius 3 is 2.62 bits per heavy atom. The smallest absolute Gasteiger partial charge is 0.310 e. The number of carbonyl (C=O) groups is 2. The zero-order valence-electron chi connectivity index (χ0n) is 14.5. The number of hydrogen-bond donors (Lipinski definition) is 1. The van der Waals surface area contributed by atoms with Crippen LogP contribution < -0.4 is 5.32 Å². The number of nitrogens with one attached hydrogen (secondary N) is 1. The van der Waals surface area contributed by atoms with E-state index in [0.717, 1.165) is 16.3 Å². The SMILES string of the molecule is C[C@]1(NC(=O)COC(=O)Cc2cccc3ccccc23)CCS(=O)(=O)C1. The molecule has 138 valence electrons. The van der Waals surface area contributed by atoms with Crippen molar-refractivity contribution >= 4 is 32.5 Å². The fraction of sp³-hybridized carbons (Fsp3) is 0.368. The molecule has 0 saturated carbocycles. The number of amides is 1. The van der Waals surface area contributed by atoms with Crippen molar-refractivity contribution in [3.63, 3.8) is 0 Å². The zero-order chi connectivity index (χ0) is 18.8. The van der Waals surface area contributed by atoms with Gasteiger partial charge in [0.2, 0.25) is 0 Å². The van der Waals surface area contributed by atoms with Crippen LogP contribution in [0.15, 0.2) is 42.5 Å². The second kappa shape index (κ2) is 7.07. The van der Waals surface area contributed by atoms with Crippen LogP contribution in [0.3, 0.4) is 0 Å². The lowest BCUT2D eigenvalue weighted by molar-refractivity contribution is -0.148. The molecule has 0 radical (unpaired) electrons. The van der Waals surface area contributed by atoms with Gasteiger partial charge < -0.3 is 10.1 Å². The lowest BCUT2D eigenvalue weighted by Gasteiger charge is -2.23. The van der Waals surface area contributed by atoms with Crippen LogP contribution in [0.4, 0.5) is 0 Å². The van der Waals surface area contributed by atoms with Crippen molar-refractivity contribution in [1.29, 1.82) is 0 Å². The van der Waals surface area contributed by atoms with Crippen molar-refractivity contribution in [1.82, 2.24) is 5.32 Å². The summed E-state index contributed by atoms with van der Waals surface area (Å²) in [6, 6.07) is 13.4. The van der Waals surface area contributed by atoms with Crippen LogP contribution in [0, 0.1) is 0 Å². The lowest BCUT2D eigenvalue weighted by atomic mass is 10.0. The third kappa shape index (κ3) is 4.40. The summed E-state index contributed by atoms with van der Waals surface area (Å²) in [5, 5.41) is 4.67. The molecule has 3 rings (SSSR count). The fourth-order valence-electron chi connectivity index (χ4n) is 3.28. The summed E-state index contributed by atoms with van der Waals surface area (Å²) in [6.07, 6.45) is 0.436. The van der Waals surface area contributed by atoms with E-state index >= 15 is 0 Å². The van der Waals surface area contributed by atoms with Crippen molar-refractivity contribution in [2.24, 2.45) is 0 Å². The second-order valence-electron chi connectivity index (χ2n) is 6.93. The predicted molar refractivity (Wildman–Crippen MR) is 98.4 cm³/mol. The first kappa shape index (κ1) is 18.4. The molecule has 1 atom stereocenters. The molecule has 1 aliphatic rings. The summed E-state index contributed by atoms with van der Waals surface area (Å²) in [7, 11) is -3.11. The van der Waals surface area contributed by atoms with E-state index in [9.17, 15) is 18.0 Å². The Morgan fingerprint density at radius 2 is 1.88 bits per heavy atom. The van der Waals surface area contributed by atoms with E-state index in [1.807, 2.05) is 42.5 Å².